The number of methoxy groups -OCH3 is 1. The second-order valence-corrected chi connectivity index (χ2v) is 8.89. The van der Waals surface area contributed by atoms with Crippen LogP contribution >= 0.6 is 0 Å². The largest absolute Gasteiger partial charge is 0.573 e. The zero-order valence-electron chi connectivity index (χ0n) is 17.1. The van der Waals surface area contributed by atoms with Crippen LogP contribution in [0.25, 0.3) is 0 Å². The Morgan fingerprint density at radius 1 is 1.12 bits per heavy atom. The minimum Gasteiger partial charge on any atom is -0.495 e. The molecule has 1 aliphatic rings. The number of nitrogens with one attached hydrogen (secondary N) is 2. The van der Waals surface area contributed by atoms with E-state index in [1.54, 1.807) is 0 Å². The molecule has 2 N–H and O–H groups in total. The molecule has 0 unspecified atom stereocenters. The first-order chi connectivity index (χ1) is 15.1. The number of hydrogen-bond acceptors (Lipinski definition) is 6. The summed E-state index contributed by atoms with van der Waals surface area (Å²) in [6, 6.07) is 4.02. The molecule has 1 saturated carbocycles. The van der Waals surface area contributed by atoms with Crippen LogP contribution in [0.1, 0.15) is 42.5 Å². The van der Waals surface area contributed by atoms with Crippen molar-refractivity contribution in [1.82, 2.24) is 10.3 Å². The highest BCUT2D eigenvalue weighted by molar-refractivity contribution is 7.92. The molecule has 0 bridgehead atoms. The maximum absolute atomic E-state index is 12.8. The van der Waals surface area contributed by atoms with E-state index in [1.807, 2.05) is 0 Å². The number of pyridine rings is 1. The van der Waals surface area contributed by atoms with Crippen LogP contribution in [-0.4, -0.2) is 38.8 Å². The van der Waals surface area contributed by atoms with Gasteiger partial charge >= 0.3 is 6.36 Å². The highest BCUT2D eigenvalue weighted by Gasteiger charge is 2.32. The maximum Gasteiger partial charge on any atom is 0.573 e. The lowest BCUT2D eigenvalue weighted by Gasteiger charge is -2.22. The summed E-state index contributed by atoms with van der Waals surface area (Å²) >= 11 is 0. The van der Waals surface area contributed by atoms with Crippen molar-refractivity contribution >= 4 is 21.6 Å². The first-order valence-electron chi connectivity index (χ1n) is 9.80. The van der Waals surface area contributed by atoms with Gasteiger partial charge in [-0.15, -0.1) is 13.2 Å². The first-order valence-corrected chi connectivity index (χ1v) is 11.3. The minimum atomic E-state index is -4.99. The molecule has 1 fully saturated rings. The molecule has 8 nitrogen and oxygen atoms in total. The Labute approximate surface area is 183 Å². The Morgan fingerprint density at radius 3 is 2.50 bits per heavy atom. The SMILES string of the molecule is COc1ccc(OC(F)(F)F)cc1S(=O)(=O)Nc1cncc(C(=O)NC2CCCCC2)c1. The van der Waals surface area contributed by atoms with Crippen molar-refractivity contribution < 1.29 is 35.9 Å². The van der Waals surface area contributed by atoms with Gasteiger partial charge in [0, 0.05) is 18.3 Å². The monoisotopic (exact) mass is 473 g/mol. The third-order valence-corrected chi connectivity index (χ3v) is 6.25. The molecular weight excluding hydrogens is 451 g/mol. The van der Waals surface area contributed by atoms with Gasteiger partial charge in [-0.3, -0.25) is 14.5 Å². The van der Waals surface area contributed by atoms with E-state index in [1.165, 1.54) is 25.6 Å². The van der Waals surface area contributed by atoms with Gasteiger partial charge < -0.3 is 14.8 Å². The summed E-state index contributed by atoms with van der Waals surface area (Å²) in [4.78, 5) is 15.8. The van der Waals surface area contributed by atoms with Crippen molar-refractivity contribution in [3.05, 3.63) is 42.2 Å². The van der Waals surface area contributed by atoms with Crippen LogP contribution in [0.4, 0.5) is 18.9 Å². The van der Waals surface area contributed by atoms with Crippen molar-refractivity contribution in [2.45, 2.75) is 49.4 Å². The van der Waals surface area contributed by atoms with E-state index < -0.39 is 27.0 Å². The topological polar surface area (TPSA) is 107 Å². The standard InChI is InChI=1S/C20H22F3N3O5S/c1-30-17-8-7-16(31-20(21,22)23)10-18(17)32(28,29)26-15-9-13(11-24-12-15)19(27)25-14-5-3-2-4-6-14/h7-12,14,26H,2-6H2,1H3,(H,25,27). The number of benzene rings is 1. The molecule has 0 atom stereocenters. The fourth-order valence-corrected chi connectivity index (χ4v) is 4.63. The molecule has 0 radical (unpaired) electrons. The Hall–Kier alpha value is -3.02. The van der Waals surface area contributed by atoms with E-state index in [9.17, 15) is 26.4 Å². The number of nitrogens with zero attached hydrogens (tertiary/aromatic N) is 1. The van der Waals surface area contributed by atoms with Gasteiger partial charge in [0.05, 0.1) is 24.6 Å². The summed E-state index contributed by atoms with van der Waals surface area (Å²) in [6.07, 6.45) is 2.43. The van der Waals surface area contributed by atoms with Crippen molar-refractivity contribution in [1.29, 1.82) is 0 Å². The molecule has 1 heterocycles. The van der Waals surface area contributed by atoms with Crippen molar-refractivity contribution in [2.24, 2.45) is 0 Å². The van der Waals surface area contributed by atoms with Crippen molar-refractivity contribution in [3.8, 4) is 11.5 Å². The van der Waals surface area contributed by atoms with Gasteiger partial charge in [-0.25, -0.2) is 8.42 Å². The molecule has 174 valence electrons. The van der Waals surface area contributed by atoms with Crippen molar-refractivity contribution in [2.75, 3.05) is 11.8 Å². The van der Waals surface area contributed by atoms with Crippen molar-refractivity contribution in [3.63, 3.8) is 0 Å². The van der Waals surface area contributed by atoms with Crippen LogP contribution in [0.5, 0.6) is 11.5 Å². The normalized spacial score (nSPS) is 15.1. The van der Waals surface area contributed by atoms with Crippen LogP contribution < -0.4 is 19.5 Å². The maximum atomic E-state index is 12.8. The van der Waals surface area contributed by atoms with Crippen LogP contribution in [0.2, 0.25) is 0 Å². The van der Waals surface area contributed by atoms with Gasteiger partial charge in [-0.05, 0) is 31.0 Å². The molecule has 0 spiro atoms. The highest BCUT2D eigenvalue weighted by Crippen LogP contribution is 2.32. The van der Waals surface area contributed by atoms with Crippen LogP contribution in [0.15, 0.2) is 41.6 Å². The zero-order valence-corrected chi connectivity index (χ0v) is 17.9. The number of amides is 1. The molecule has 0 aliphatic heterocycles. The molecule has 12 heteroatoms. The fourth-order valence-electron chi connectivity index (χ4n) is 3.41. The molecule has 1 aliphatic carbocycles. The third kappa shape index (κ3) is 6.25. The Morgan fingerprint density at radius 2 is 1.84 bits per heavy atom. The Kier molecular flexibility index (Phi) is 7.12. The Bertz CT molecular complexity index is 1070. The quantitative estimate of drug-likeness (QED) is 0.633. The zero-order chi connectivity index (χ0) is 23.4. The predicted octanol–water partition coefficient (Wildman–Crippen LogP) is 3.85. The number of ether oxygens (including phenoxy) is 2. The minimum absolute atomic E-state index is 0.0366. The summed E-state index contributed by atoms with van der Waals surface area (Å²) in [5.41, 5.74) is 0.113. The van der Waals surface area contributed by atoms with Gasteiger partial charge in [0.25, 0.3) is 15.9 Å². The van der Waals surface area contributed by atoms with E-state index in [-0.39, 0.29) is 28.9 Å². The molecule has 2 aromatic rings. The molecule has 0 saturated heterocycles. The molecule has 32 heavy (non-hydrogen) atoms. The summed E-state index contributed by atoms with van der Waals surface area (Å²) in [5.74, 6) is -1.30. The average molecular weight is 473 g/mol. The van der Waals surface area contributed by atoms with Gasteiger partial charge in [0.15, 0.2) is 0 Å². The summed E-state index contributed by atoms with van der Waals surface area (Å²) in [7, 11) is -3.22. The highest BCUT2D eigenvalue weighted by atomic mass is 32.2. The third-order valence-electron chi connectivity index (χ3n) is 4.85. The number of carbonyl (C=O) groups is 1. The van der Waals surface area contributed by atoms with Gasteiger partial charge in [0.2, 0.25) is 0 Å². The van der Waals surface area contributed by atoms with Crippen LogP contribution in [0.3, 0.4) is 0 Å². The number of anilines is 1. The number of aromatic nitrogens is 1. The van der Waals surface area contributed by atoms with E-state index in [4.69, 9.17) is 4.74 Å². The number of hydrogen-bond donors (Lipinski definition) is 2. The van der Waals surface area contributed by atoms with Gasteiger partial charge in [-0.2, -0.15) is 0 Å². The number of alkyl halides is 3. The van der Waals surface area contributed by atoms with Crippen LogP contribution in [0, 0.1) is 0 Å². The second-order valence-electron chi connectivity index (χ2n) is 7.24. The summed E-state index contributed by atoms with van der Waals surface area (Å²) in [5, 5.41) is 2.91. The average Bonchev–Trinajstić information content (AvgIpc) is 2.73. The second kappa shape index (κ2) is 9.63. The van der Waals surface area contributed by atoms with E-state index in [2.05, 4.69) is 19.8 Å². The van der Waals surface area contributed by atoms with E-state index >= 15 is 0 Å². The number of halogens is 3. The predicted molar refractivity (Wildman–Crippen MR) is 109 cm³/mol. The van der Waals surface area contributed by atoms with Gasteiger partial charge in [-0.1, -0.05) is 19.3 Å². The molecule has 1 amide bonds. The first kappa shape index (κ1) is 23.6. The van der Waals surface area contributed by atoms with E-state index in [0.29, 0.717) is 6.07 Å². The molecule has 1 aromatic carbocycles. The lowest BCUT2D eigenvalue weighted by molar-refractivity contribution is -0.274. The lowest BCUT2D eigenvalue weighted by Crippen LogP contribution is -2.36. The van der Waals surface area contributed by atoms with Crippen LogP contribution in [-0.2, 0) is 10.0 Å². The smallest absolute Gasteiger partial charge is 0.495 e. The lowest BCUT2D eigenvalue weighted by atomic mass is 9.95. The molecular formula is C20H22F3N3O5S. The fraction of sp³-hybridized carbons (Fsp3) is 0.400. The number of carbonyl (C=O) groups excluding carboxylic acids is 1. The summed E-state index contributed by atoms with van der Waals surface area (Å²) in [6.45, 7) is 0. The molecule has 3 rings (SSSR count). The molecule has 1 aromatic heterocycles. The Balaban J connectivity index is 1.81. The number of rotatable bonds is 7. The van der Waals surface area contributed by atoms with E-state index in [0.717, 1.165) is 44.2 Å². The van der Waals surface area contributed by atoms with Gasteiger partial charge in [0.1, 0.15) is 16.4 Å². The summed E-state index contributed by atoms with van der Waals surface area (Å²) < 4.78 is 74.2. The number of sulfonamides is 1.